The van der Waals surface area contributed by atoms with Gasteiger partial charge >= 0.3 is 0 Å². The van der Waals surface area contributed by atoms with Gasteiger partial charge in [0.25, 0.3) is 0 Å². The number of aliphatic hydroxyl groups is 1. The molecular weight excluding hydrogens is 248 g/mol. The Morgan fingerprint density at radius 1 is 0.895 bits per heavy atom. The van der Waals surface area contributed by atoms with E-state index in [0.29, 0.717) is 11.1 Å². The zero-order chi connectivity index (χ0) is 14.0. The van der Waals surface area contributed by atoms with Crippen LogP contribution in [-0.2, 0) is 5.60 Å². The number of hydrogen-bond acceptors (Lipinski definition) is 2. The van der Waals surface area contributed by atoms with Crippen molar-refractivity contribution in [3.8, 4) is 0 Å². The molecule has 3 N–H and O–H groups in total. The highest BCUT2D eigenvalue weighted by Gasteiger charge is 2.35. The van der Waals surface area contributed by atoms with Gasteiger partial charge in [-0.05, 0) is 42.3 Å². The fourth-order valence-corrected chi connectivity index (χ4v) is 2.10. The van der Waals surface area contributed by atoms with E-state index in [2.05, 4.69) is 0 Å². The maximum absolute atomic E-state index is 13.0. The summed E-state index contributed by atoms with van der Waals surface area (Å²) in [5.41, 5.74) is 5.32. The van der Waals surface area contributed by atoms with Crippen molar-refractivity contribution in [1.29, 1.82) is 0 Å². The molecule has 0 bridgehead atoms. The summed E-state index contributed by atoms with van der Waals surface area (Å²) in [5, 5.41) is 10.8. The first-order valence-corrected chi connectivity index (χ1v) is 5.94. The number of benzene rings is 2. The Morgan fingerprint density at radius 2 is 1.21 bits per heavy atom. The summed E-state index contributed by atoms with van der Waals surface area (Å²) >= 11 is 0. The number of hydrogen-bond donors (Lipinski definition) is 2. The third kappa shape index (κ3) is 2.50. The molecule has 0 heterocycles. The first-order valence-electron chi connectivity index (χ1n) is 5.94. The molecule has 19 heavy (non-hydrogen) atoms. The molecule has 4 heteroatoms. The van der Waals surface area contributed by atoms with Gasteiger partial charge in [0.15, 0.2) is 0 Å². The van der Waals surface area contributed by atoms with E-state index in [0.717, 1.165) is 0 Å². The number of rotatable bonds is 3. The fourth-order valence-electron chi connectivity index (χ4n) is 2.10. The fraction of sp³-hybridized carbons (Fsp3) is 0.200. The van der Waals surface area contributed by atoms with Crippen LogP contribution in [0, 0.1) is 11.6 Å². The van der Waals surface area contributed by atoms with Crippen molar-refractivity contribution in [3.05, 3.63) is 71.3 Å². The van der Waals surface area contributed by atoms with Crippen molar-refractivity contribution in [2.75, 3.05) is 0 Å². The highest BCUT2D eigenvalue weighted by atomic mass is 19.1. The first kappa shape index (κ1) is 13.6. The smallest absolute Gasteiger partial charge is 0.129 e. The lowest BCUT2D eigenvalue weighted by atomic mass is 9.81. The zero-order valence-electron chi connectivity index (χ0n) is 10.5. The largest absolute Gasteiger partial charge is 0.379 e. The van der Waals surface area contributed by atoms with E-state index in [1.165, 1.54) is 48.5 Å². The number of halogens is 2. The van der Waals surface area contributed by atoms with Gasteiger partial charge < -0.3 is 10.8 Å². The van der Waals surface area contributed by atoms with Crippen LogP contribution >= 0.6 is 0 Å². The van der Waals surface area contributed by atoms with E-state index in [9.17, 15) is 13.9 Å². The Morgan fingerprint density at radius 3 is 1.47 bits per heavy atom. The van der Waals surface area contributed by atoms with Gasteiger partial charge in [-0.25, -0.2) is 8.78 Å². The molecule has 2 rings (SSSR count). The van der Waals surface area contributed by atoms with Gasteiger partial charge in [0.1, 0.15) is 17.2 Å². The first-order chi connectivity index (χ1) is 8.94. The molecule has 100 valence electrons. The summed E-state index contributed by atoms with van der Waals surface area (Å²) in [4.78, 5) is 0. The second kappa shape index (κ2) is 5.07. The predicted octanol–water partition coefficient (Wildman–Crippen LogP) is 2.55. The highest BCUT2D eigenvalue weighted by Crippen LogP contribution is 2.32. The van der Waals surface area contributed by atoms with Gasteiger partial charge in [0.05, 0.1) is 0 Å². The predicted molar refractivity (Wildman–Crippen MR) is 69.4 cm³/mol. The van der Waals surface area contributed by atoms with E-state index in [1.54, 1.807) is 6.92 Å². The highest BCUT2D eigenvalue weighted by molar-refractivity contribution is 5.38. The Kier molecular flexibility index (Phi) is 3.64. The van der Waals surface area contributed by atoms with Crippen LogP contribution in [-0.4, -0.2) is 11.1 Å². The monoisotopic (exact) mass is 263 g/mol. The standard InChI is InChI=1S/C15H15F2NO/c1-10(18)15(19,11-2-6-13(16)7-3-11)12-4-8-14(17)9-5-12/h2-10,19H,18H2,1H3/t10-/m1/s1. The Bertz CT molecular complexity index is 504. The van der Waals surface area contributed by atoms with Gasteiger partial charge in [-0.15, -0.1) is 0 Å². The molecule has 0 amide bonds. The van der Waals surface area contributed by atoms with E-state index < -0.39 is 23.3 Å². The number of nitrogens with two attached hydrogens (primary N) is 1. The van der Waals surface area contributed by atoms with Crippen molar-refractivity contribution in [2.24, 2.45) is 5.73 Å². The van der Waals surface area contributed by atoms with Crippen molar-refractivity contribution < 1.29 is 13.9 Å². The average Bonchev–Trinajstić information content (AvgIpc) is 2.39. The second-order valence-corrected chi connectivity index (χ2v) is 4.57. The van der Waals surface area contributed by atoms with Crippen LogP contribution in [0.1, 0.15) is 18.1 Å². The van der Waals surface area contributed by atoms with E-state index in [-0.39, 0.29) is 0 Å². The summed E-state index contributed by atoms with van der Waals surface area (Å²) in [7, 11) is 0. The molecule has 0 spiro atoms. The molecule has 0 saturated carbocycles. The Hall–Kier alpha value is -1.78. The quantitative estimate of drug-likeness (QED) is 0.894. The van der Waals surface area contributed by atoms with Gasteiger partial charge in [-0.2, -0.15) is 0 Å². The van der Waals surface area contributed by atoms with Crippen molar-refractivity contribution >= 4 is 0 Å². The maximum atomic E-state index is 13.0. The summed E-state index contributed by atoms with van der Waals surface area (Å²) in [5.74, 6) is -0.787. The normalized spacial score (nSPS) is 13.3. The Labute approximate surface area is 110 Å². The molecule has 0 aliphatic rings. The molecule has 0 aliphatic heterocycles. The third-order valence-corrected chi connectivity index (χ3v) is 3.23. The van der Waals surface area contributed by atoms with Crippen LogP contribution in [0.25, 0.3) is 0 Å². The summed E-state index contributed by atoms with van der Waals surface area (Å²) in [6, 6.07) is 10.3. The Balaban J connectivity index is 2.54. The summed E-state index contributed by atoms with van der Waals surface area (Å²) in [6.07, 6.45) is 0. The molecule has 0 radical (unpaired) electrons. The summed E-state index contributed by atoms with van der Waals surface area (Å²) in [6.45, 7) is 1.65. The maximum Gasteiger partial charge on any atom is 0.129 e. The topological polar surface area (TPSA) is 46.2 Å². The average molecular weight is 263 g/mol. The lowest BCUT2D eigenvalue weighted by Gasteiger charge is -2.33. The van der Waals surface area contributed by atoms with E-state index in [1.807, 2.05) is 0 Å². The van der Waals surface area contributed by atoms with Gasteiger partial charge in [-0.3, -0.25) is 0 Å². The van der Waals surface area contributed by atoms with Crippen LogP contribution in [0.4, 0.5) is 8.78 Å². The van der Waals surface area contributed by atoms with Crippen LogP contribution in [0.2, 0.25) is 0 Å². The lowest BCUT2D eigenvalue weighted by Crippen LogP contribution is -2.44. The van der Waals surface area contributed by atoms with E-state index >= 15 is 0 Å². The molecule has 0 saturated heterocycles. The minimum Gasteiger partial charge on any atom is -0.379 e. The SMILES string of the molecule is C[C@@H](N)C(O)(c1ccc(F)cc1)c1ccc(F)cc1. The van der Waals surface area contributed by atoms with Crippen LogP contribution in [0.3, 0.4) is 0 Å². The minimum absolute atomic E-state index is 0.394. The molecule has 2 nitrogen and oxygen atoms in total. The van der Waals surface area contributed by atoms with Crippen LogP contribution in [0.5, 0.6) is 0 Å². The second-order valence-electron chi connectivity index (χ2n) is 4.57. The van der Waals surface area contributed by atoms with Crippen LogP contribution in [0.15, 0.2) is 48.5 Å². The molecule has 0 unspecified atom stereocenters. The van der Waals surface area contributed by atoms with Gasteiger partial charge in [0, 0.05) is 6.04 Å². The van der Waals surface area contributed by atoms with Crippen molar-refractivity contribution in [2.45, 2.75) is 18.6 Å². The summed E-state index contributed by atoms with van der Waals surface area (Å²) < 4.78 is 25.9. The molecule has 2 aromatic carbocycles. The molecule has 0 aliphatic carbocycles. The molecular formula is C15H15F2NO. The van der Waals surface area contributed by atoms with Gasteiger partial charge in [0.2, 0.25) is 0 Å². The van der Waals surface area contributed by atoms with E-state index in [4.69, 9.17) is 5.73 Å². The van der Waals surface area contributed by atoms with Crippen molar-refractivity contribution in [3.63, 3.8) is 0 Å². The molecule has 1 atom stereocenters. The molecule has 2 aromatic rings. The zero-order valence-corrected chi connectivity index (χ0v) is 10.5. The minimum atomic E-state index is -1.48. The van der Waals surface area contributed by atoms with Crippen LogP contribution < -0.4 is 5.73 Å². The third-order valence-electron chi connectivity index (χ3n) is 3.23. The van der Waals surface area contributed by atoms with Gasteiger partial charge in [-0.1, -0.05) is 24.3 Å². The van der Waals surface area contributed by atoms with Crippen molar-refractivity contribution in [1.82, 2.24) is 0 Å². The molecule has 0 aromatic heterocycles. The lowest BCUT2D eigenvalue weighted by molar-refractivity contribution is 0.0577. The molecule has 0 fully saturated rings.